The van der Waals surface area contributed by atoms with Crippen LogP contribution in [0.2, 0.25) is 0 Å². The molecule has 2 rings (SSSR count). The van der Waals surface area contributed by atoms with E-state index in [1.807, 2.05) is 32.9 Å². The van der Waals surface area contributed by atoms with Crippen LogP contribution in [0, 0.1) is 20.8 Å². The van der Waals surface area contributed by atoms with E-state index in [9.17, 15) is 8.42 Å². The van der Waals surface area contributed by atoms with Crippen molar-refractivity contribution in [2.45, 2.75) is 25.7 Å². The summed E-state index contributed by atoms with van der Waals surface area (Å²) in [7, 11) is -3.71. The second kappa shape index (κ2) is 5.75. The predicted octanol–water partition coefficient (Wildman–Crippen LogP) is 2.70. The van der Waals surface area contributed by atoms with E-state index in [1.165, 1.54) is 6.07 Å². The summed E-state index contributed by atoms with van der Waals surface area (Å²) in [6, 6.07) is 10.4. The highest BCUT2D eigenvalue weighted by Gasteiger charge is 2.19. The highest BCUT2D eigenvalue weighted by atomic mass is 32.2. The molecule has 0 atom stereocenters. The van der Waals surface area contributed by atoms with Gasteiger partial charge in [-0.05, 0) is 44.0 Å². The molecule has 0 fully saturated rings. The van der Waals surface area contributed by atoms with Gasteiger partial charge in [-0.1, -0.05) is 29.8 Å². The quantitative estimate of drug-likeness (QED) is 0.599. The summed E-state index contributed by atoms with van der Waals surface area (Å²) in [6.45, 7) is 5.74. The number of hydrogen-bond donors (Lipinski definition) is 3. The molecule has 0 aliphatic carbocycles. The van der Waals surface area contributed by atoms with E-state index in [0.29, 0.717) is 11.4 Å². The van der Waals surface area contributed by atoms with Crippen LogP contribution in [0.25, 0.3) is 0 Å². The molecule has 0 amide bonds. The van der Waals surface area contributed by atoms with Gasteiger partial charge in [0.15, 0.2) is 0 Å². The van der Waals surface area contributed by atoms with Gasteiger partial charge < -0.3 is 5.43 Å². The molecule has 0 heterocycles. The van der Waals surface area contributed by atoms with Crippen LogP contribution in [-0.4, -0.2) is 8.42 Å². The largest absolute Gasteiger partial charge is 0.323 e. The molecule has 112 valence electrons. The normalized spacial score (nSPS) is 11.2. The number of hydrazine groups is 1. The predicted molar refractivity (Wildman–Crippen MR) is 85.7 cm³/mol. The summed E-state index contributed by atoms with van der Waals surface area (Å²) >= 11 is 0. The van der Waals surface area contributed by atoms with Gasteiger partial charge in [0, 0.05) is 0 Å². The second-order valence-electron chi connectivity index (χ2n) is 5.02. The first kappa shape index (κ1) is 15.3. The summed E-state index contributed by atoms with van der Waals surface area (Å²) in [4.78, 5) is 0.117. The van der Waals surface area contributed by atoms with E-state index in [-0.39, 0.29) is 4.90 Å². The lowest BCUT2D eigenvalue weighted by Gasteiger charge is -2.16. The van der Waals surface area contributed by atoms with Gasteiger partial charge in [0.25, 0.3) is 10.0 Å². The molecule has 0 unspecified atom stereocenters. The zero-order chi connectivity index (χ0) is 15.6. The Bertz CT molecular complexity index is 747. The lowest BCUT2D eigenvalue weighted by molar-refractivity contribution is 0.601. The minimum absolute atomic E-state index is 0.117. The maximum atomic E-state index is 12.6. The number of hydrogen-bond acceptors (Lipinski definition) is 4. The van der Waals surface area contributed by atoms with Gasteiger partial charge in [-0.2, -0.15) is 0 Å². The molecule has 21 heavy (non-hydrogen) atoms. The zero-order valence-electron chi connectivity index (χ0n) is 12.3. The topological polar surface area (TPSA) is 84.2 Å². The average molecular weight is 305 g/mol. The van der Waals surface area contributed by atoms with Crippen LogP contribution in [0.3, 0.4) is 0 Å². The zero-order valence-corrected chi connectivity index (χ0v) is 13.1. The Balaban J connectivity index is 2.48. The van der Waals surface area contributed by atoms with Crippen molar-refractivity contribution in [1.82, 2.24) is 0 Å². The Labute approximate surface area is 125 Å². The highest BCUT2D eigenvalue weighted by Crippen LogP contribution is 2.27. The second-order valence-corrected chi connectivity index (χ2v) is 6.67. The minimum Gasteiger partial charge on any atom is -0.323 e. The summed E-state index contributed by atoms with van der Waals surface area (Å²) in [5.74, 6) is 5.38. The van der Waals surface area contributed by atoms with Crippen LogP contribution in [0.1, 0.15) is 16.7 Å². The summed E-state index contributed by atoms with van der Waals surface area (Å²) in [5.41, 5.74) is 6.23. The SMILES string of the molecule is Cc1cc(C)c(NS(=O)(=O)c2ccccc2NN)c(C)c1. The number of sulfonamides is 1. The average Bonchev–Trinajstić information content (AvgIpc) is 2.43. The molecule has 0 saturated carbocycles. The number of aryl methyl sites for hydroxylation is 3. The maximum absolute atomic E-state index is 12.6. The third kappa shape index (κ3) is 3.17. The van der Waals surface area contributed by atoms with Crippen molar-refractivity contribution in [2.24, 2.45) is 5.84 Å². The van der Waals surface area contributed by atoms with Crippen molar-refractivity contribution in [1.29, 1.82) is 0 Å². The van der Waals surface area contributed by atoms with Crippen LogP contribution in [-0.2, 0) is 10.0 Å². The lowest BCUT2D eigenvalue weighted by atomic mass is 10.1. The lowest BCUT2D eigenvalue weighted by Crippen LogP contribution is -2.18. The highest BCUT2D eigenvalue weighted by molar-refractivity contribution is 7.92. The molecule has 0 bridgehead atoms. The van der Waals surface area contributed by atoms with Crippen molar-refractivity contribution in [3.05, 3.63) is 53.1 Å². The molecule has 6 heteroatoms. The standard InChI is InChI=1S/C15H19N3O2S/c1-10-8-11(2)15(12(3)9-10)18-21(19,20)14-7-5-4-6-13(14)17-16/h4-9,17-18H,16H2,1-3H3. The van der Waals surface area contributed by atoms with E-state index in [4.69, 9.17) is 5.84 Å². The first-order valence-corrected chi connectivity index (χ1v) is 8.00. The fourth-order valence-corrected chi connectivity index (χ4v) is 3.73. The van der Waals surface area contributed by atoms with Gasteiger partial charge in [0.05, 0.1) is 11.4 Å². The molecule has 0 aromatic heterocycles. The monoisotopic (exact) mass is 305 g/mol. The number of benzene rings is 2. The molecule has 4 N–H and O–H groups in total. The first-order valence-electron chi connectivity index (χ1n) is 6.51. The molecule has 0 radical (unpaired) electrons. The molecular weight excluding hydrogens is 286 g/mol. The number of anilines is 2. The fraction of sp³-hybridized carbons (Fsp3) is 0.200. The smallest absolute Gasteiger partial charge is 0.264 e. The van der Waals surface area contributed by atoms with Gasteiger partial charge >= 0.3 is 0 Å². The van der Waals surface area contributed by atoms with Crippen LogP contribution >= 0.6 is 0 Å². The molecule has 0 aliphatic heterocycles. The van der Waals surface area contributed by atoms with Crippen LogP contribution in [0.5, 0.6) is 0 Å². The molecular formula is C15H19N3O2S. The molecule has 0 saturated heterocycles. The van der Waals surface area contributed by atoms with E-state index in [1.54, 1.807) is 18.2 Å². The molecule has 0 aliphatic rings. The van der Waals surface area contributed by atoms with Crippen LogP contribution < -0.4 is 16.0 Å². The van der Waals surface area contributed by atoms with Gasteiger partial charge in [-0.3, -0.25) is 10.6 Å². The van der Waals surface area contributed by atoms with E-state index < -0.39 is 10.0 Å². The van der Waals surface area contributed by atoms with Crippen LogP contribution in [0.4, 0.5) is 11.4 Å². The van der Waals surface area contributed by atoms with Gasteiger partial charge in [-0.25, -0.2) is 8.42 Å². The Morgan fingerprint density at radius 1 is 1.00 bits per heavy atom. The van der Waals surface area contributed by atoms with Gasteiger partial charge in [0.2, 0.25) is 0 Å². The van der Waals surface area contributed by atoms with Gasteiger partial charge in [-0.15, -0.1) is 0 Å². The first-order chi connectivity index (χ1) is 9.85. The summed E-state index contributed by atoms with van der Waals surface area (Å²) in [5, 5.41) is 0. The Morgan fingerprint density at radius 3 is 2.14 bits per heavy atom. The summed E-state index contributed by atoms with van der Waals surface area (Å²) in [6.07, 6.45) is 0. The van der Waals surface area contributed by atoms with Crippen molar-refractivity contribution >= 4 is 21.4 Å². The van der Waals surface area contributed by atoms with E-state index in [0.717, 1.165) is 16.7 Å². The molecule has 0 spiro atoms. The fourth-order valence-electron chi connectivity index (χ4n) is 2.35. The Hall–Kier alpha value is -2.05. The number of nitrogen functional groups attached to an aromatic ring is 1. The number of para-hydroxylation sites is 1. The maximum Gasteiger partial charge on any atom is 0.264 e. The van der Waals surface area contributed by atoms with Crippen molar-refractivity contribution in [2.75, 3.05) is 10.1 Å². The molecule has 5 nitrogen and oxygen atoms in total. The van der Waals surface area contributed by atoms with E-state index in [2.05, 4.69) is 10.1 Å². The van der Waals surface area contributed by atoms with Crippen molar-refractivity contribution in [3.63, 3.8) is 0 Å². The molecule has 2 aromatic carbocycles. The molecule has 2 aromatic rings. The Kier molecular flexibility index (Phi) is 4.20. The number of rotatable bonds is 4. The minimum atomic E-state index is -3.71. The van der Waals surface area contributed by atoms with Crippen molar-refractivity contribution < 1.29 is 8.42 Å². The van der Waals surface area contributed by atoms with E-state index >= 15 is 0 Å². The third-order valence-electron chi connectivity index (χ3n) is 3.25. The number of nitrogens with one attached hydrogen (secondary N) is 2. The third-order valence-corrected chi connectivity index (χ3v) is 4.65. The Morgan fingerprint density at radius 2 is 1.57 bits per heavy atom. The summed E-state index contributed by atoms with van der Waals surface area (Å²) < 4.78 is 27.8. The van der Waals surface area contributed by atoms with Crippen molar-refractivity contribution in [3.8, 4) is 0 Å². The van der Waals surface area contributed by atoms with Gasteiger partial charge in [0.1, 0.15) is 4.90 Å². The number of nitrogens with two attached hydrogens (primary N) is 1. The van der Waals surface area contributed by atoms with Crippen LogP contribution in [0.15, 0.2) is 41.3 Å².